The van der Waals surface area contributed by atoms with Crippen LogP contribution in [0.2, 0.25) is 0 Å². The van der Waals surface area contributed by atoms with E-state index in [1.54, 1.807) is 24.3 Å². The maximum absolute atomic E-state index is 12.6. The first-order chi connectivity index (χ1) is 7.78. The molecule has 0 radical (unpaired) electrons. The molecule has 0 amide bonds. The standard InChI is InChI=1S/C12H11FO3/c13-9-1-3-10(4-2-9)15-8-12-6-5-11(7-14)16-12/h1-6,14H,7-8H2. The van der Waals surface area contributed by atoms with Crippen molar-refractivity contribution in [2.75, 3.05) is 0 Å². The molecule has 3 nitrogen and oxygen atoms in total. The summed E-state index contributed by atoms with van der Waals surface area (Å²) in [7, 11) is 0. The summed E-state index contributed by atoms with van der Waals surface area (Å²) in [4.78, 5) is 0. The molecule has 1 aromatic carbocycles. The minimum absolute atomic E-state index is 0.128. The van der Waals surface area contributed by atoms with Gasteiger partial charge in [0.05, 0.1) is 0 Å². The fraction of sp³-hybridized carbons (Fsp3) is 0.167. The van der Waals surface area contributed by atoms with Crippen molar-refractivity contribution in [2.45, 2.75) is 13.2 Å². The van der Waals surface area contributed by atoms with Gasteiger partial charge in [0, 0.05) is 0 Å². The number of ether oxygens (including phenoxy) is 1. The first-order valence-corrected chi connectivity index (χ1v) is 4.85. The normalized spacial score (nSPS) is 10.4. The zero-order chi connectivity index (χ0) is 11.4. The van der Waals surface area contributed by atoms with Crippen molar-refractivity contribution >= 4 is 0 Å². The molecule has 0 bridgehead atoms. The van der Waals surface area contributed by atoms with Gasteiger partial charge in [0.15, 0.2) is 0 Å². The van der Waals surface area contributed by atoms with Gasteiger partial charge in [-0.1, -0.05) is 0 Å². The molecule has 0 atom stereocenters. The highest BCUT2D eigenvalue weighted by atomic mass is 19.1. The van der Waals surface area contributed by atoms with Gasteiger partial charge in [-0.2, -0.15) is 0 Å². The number of hydrogen-bond acceptors (Lipinski definition) is 3. The minimum Gasteiger partial charge on any atom is -0.486 e. The lowest BCUT2D eigenvalue weighted by atomic mass is 10.3. The second kappa shape index (κ2) is 4.81. The van der Waals surface area contributed by atoms with Crippen LogP contribution in [0, 0.1) is 5.82 Å². The van der Waals surface area contributed by atoms with Gasteiger partial charge in [0.25, 0.3) is 0 Å². The number of aliphatic hydroxyl groups excluding tert-OH is 1. The Bertz CT molecular complexity index is 448. The third-order valence-electron chi connectivity index (χ3n) is 2.07. The monoisotopic (exact) mass is 222 g/mol. The van der Waals surface area contributed by atoms with Crippen LogP contribution in [0.5, 0.6) is 5.75 Å². The van der Waals surface area contributed by atoms with Gasteiger partial charge < -0.3 is 14.3 Å². The van der Waals surface area contributed by atoms with Crippen molar-refractivity contribution in [2.24, 2.45) is 0 Å². The highest BCUT2D eigenvalue weighted by Crippen LogP contribution is 2.14. The molecule has 84 valence electrons. The van der Waals surface area contributed by atoms with Crippen molar-refractivity contribution in [1.82, 2.24) is 0 Å². The Hall–Kier alpha value is -1.81. The molecule has 0 spiro atoms. The van der Waals surface area contributed by atoms with Crippen LogP contribution in [0.3, 0.4) is 0 Å². The molecule has 0 fully saturated rings. The van der Waals surface area contributed by atoms with Gasteiger partial charge in [0.2, 0.25) is 0 Å². The van der Waals surface area contributed by atoms with Crippen LogP contribution >= 0.6 is 0 Å². The molecule has 2 aromatic rings. The van der Waals surface area contributed by atoms with E-state index in [1.807, 2.05) is 0 Å². The van der Waals surface area contributed by atoms with E-state index >= 15 is 0 Å². The fourth-order valence-electron chi connectivity index (χ4n) is 1.27. The number of halogens is 1. The number of rotatable bonds is 4. The lowest BCUT2D eigenvalue weighted by molar-refractivity contribution is 0.224. The van der Waals surface area contributed by atoms with Gasteiger partial charge in [0.1, 0.15) is 36.3 Å². The first kappa shape index (κ1) is 10.7. The smallest absolute Gasteiger partial charge is 0.146 e. The Labute approximate surface area is 92.1 Å². The van der Waals surface area contributed by atoms with Gasteiger partial charge in [-0.25, -0.2) is 4.39 Å². The van der Waals surface area contributed by atoms with Crippen LogP contribution in [0.1, 0.15) is 11.5 Å². The first-order valence-electron chi connectivity index (χ1n) is 4.85. The van der Waals surface area contributed by atoms with Crippen LogP contribution in [0.15, 0.2) is 40.8 Å². The molecule has 0 saturated carbocycles. The van der Waals surface area contributed by atoms with Crippen molar-refractivity contribution in [1.29, 1.82) is 0 Å². The van der Waals surface area contributed by atoms with Crippen LogP contribution in [0.25, 0.3) is 0 Å². The Kier molecular flexibility index (Phi) is 3.22. The van der Waals surface area contributed by atoms with E-state index in [-0.39, 0.29) is 19.0 Å². The summed E-state index contributed by atoms with van der Waals surface area (Å²) in [5.41, 5.74) is 0. The summed E-state index contributed by atoms with van der Waals surface area (Å²) >= 11 is 0. The number of hydrogen-bond donors (Lipinski definition) is 1. The lowest BCUT2D eigenvalue weighted by Crippen LogP contribution is -1.93. The predicted molar refractivity (Wildman–Crippen MR) is 55.4 cm³/mol. The van der Waals surface area contributed by atoms with Gasteiger partial charge >= 0.3 is 0 Å². The fourth-order valence-corrected chi connectivity index (χ4v) is 1.27. The maximum Gasteiger partial charge on any atom is 0.146 e. The molecule has 0 aliphatic carbocycles. The largest absolute Gasteiger partial charge is 0.486 e. The van der Waals surface area contributed by atoms with Crippen LogP contribution in [-0.4, -0.2) is 5.11 Å². The quantitative estimate of drug-likeness (QED) is 0.864. The third-order valence-corrected chi connectivity index (χ3v) is 2.07. The van der Waals surface area contributed by atoms with Crippen LogP contribution in [0.4, 0.5) is 4.39 Å². The third kappa shape index (κ3) is 2.61. The zero-order valence-electron chi connectivity index (χ0n) is 8.52. The molecular formula is C12H11FO3. The topological polar surface area (TPSA) is 42.6 Å². The molecule has 2 rings (SSSR count). The molecule has 0 unspecified atom stereocenters. The minimum atomic E-state index is -0.298. The molecular weight excluding hydrogens is 211 g/mol. The average Bonchev–Trinajstić information content (AvgIpc) is 2.76. The molecule has 0 aliphatic rings. The number of furan rings is 1. The van der Waals surface area contributed by atoms with E-state index in [0.717, 1.165) is 0 Å². The second-order valence-electron chi connectivity index (χ2n) is 3.27. The van der Waals surface area contributed by atoms with E-state index in [1.165, 1.54) is 12.1 Å². The van der Waals surface area contributed by atoms with E-state index in [4.69, 9.17) is 14.3 Å². The van der Waals surface area contributed by atoms with Crippen molar-refractivity contribution in [3.8, 4) is 5.75 Å². The van der Waals surface area contributed by atoms with E-state index < -0.39 is 0 Å². The molecule has 1 aromatic heterocycles. The summed E-state index contributed by atoms with van der Waals surface area (Å²) in [6.07, 6.45) is 0. The SMILES string of the molecule is OCc1ccc(COc2ccc(F)cc2)o1. The van der Waals surface area contributed by atoms with Gasteiger partial charge in [-0.15, -0.1) is 0 Å². The van der Waals surface area contributed by atoms with Gasteiger partial charge in [-0.3, -0.25) is 0 Å². The van der Waals surface area contributed by atoms with Crippen LogP contribution < -0.4 is 4.74 Å². The highest BCUT2D eigenvalue weighted by molar-refractivity contribution is 5.22. The van der Waals surface area contributed by atoms with Crippen molar-refractivity contribution in [3.05, 3.63) is 53.7 Å². The molecule has 1 heterocycles. The summed E-state index contributed by atoms with van der Waals surface area (Å²) in [6, 6.07) is 9.17. The summed E-state index contributed by atoms with van der Waals surface area (Å²) in [5.74, 6) is 1.39. The molecule has 0 saturated heterocycles. The highest BCUT2D eigenvalue weighted by Gasteiger charge is 2.02. The summed E-state index contributed by atoms with van der Waals surface area (Å²) < 4.78 is 23.2. The van der Waals surface area contributed by atoms with E-state index in [2.05, 4.69) is 0 Å². The van der Waals surface area contributed by atoms with E-state index in [9.17, 15) is 4.39 Å². The summed E-state index contributed by atoms with van der Waals surface area (Å²) in [6.45, 7) is 0.127. The zero-order valence-corrected chi connectivity index (χ0v) is 8.52. The Morgan fingerprint density at radius 3 is 2.38 bits per heavy atom. The average molecular weight is 222 g/mol. The van der Waals surface area contributed by atoms with Gasteiger partial charge in [-0.05, 0) is 36.4 Å². The number of aliphatic hydroxyl groups is 1. The molecule has 1 N–H and O–H groups in total. The molecule has 4 heteroatoms. The van der Waals surface area contributed by atoms with Crippen molar-refractivity contribution < 1.29 is 18.7 Å². The van der Waals surface area contributed by atoms with Crippen molar-refractivity contribution in [3.63, 3.8) is 0 Å². The van der Waals surface area contributed by atoms with Crippen LogP contribution in [-0.2, 0) is 13.2 Å². The lowest BCUT2D eigenvalue weighted by Gasteiger charge is -2.03. The Morgan fingerprint density at radius 2 is 1.75 bits per heavy atom. The Balaban J connectivity index is 1.94. The molecule has 0 aliphatic heterocycles. The summed E-state index contributed by atoms with van der Waals surface area (Å²) in [5, 5.41) is 8.79. The maximum atomic E-state index is 12.6. The second-order valence-corrected chi connectivity index (χ2v) is 3.27. The molecule has 16 heavy (non-hydrogen) atoms. The number of benzene rings is 1. The van der Waals surface area contributed by atoms with E-state index in [0.29, 0.717) is 17.3 Å². The Morgan fingerprint density at radius 1 is 1.06 bits per heavy atom. The predicted octanol–water partition coefficient (Wildman–Crippen LogP) is 2.49.